The molecule has 1 N–H and O–H groups in total. The SMILES string of the molecule is Cc1ccc(S(=O)(=O)N2Cc3ccccc3C[C@H]2C(=O)Nc2cc(C(F)(F)F)ccc2Cl)cc1. The number of nitrogens with zero attached hydrogens (tertiary/aromatic N) is 1. The number of fused-ring (bicyclic) bond motifs is 1. The summed E-state index contributed by atoms with van der Waals surface area (Å²) in [5, 5.41) is 2.32. The lowest BCUT2D eigenvalue weighted by Gasteiger charge is -2.35. The first-order chi connectivity index (χ1) is 16.0. The number of alkyl halides is 3. The van der Waals surface area contributed by atoms with Crippen LogP contribution in [-0.2, 0) is 34.0 Å². The highest BCUT2D eigenvalue weighted by atomic mass is 35.5. The van der Waals surface area contributed by atoms with Crippen LogP contribution in [0.15, 0.2) is 71.6 Å². The smallest absolute Gasteiger partial charge is 0.323 e. The Balaban J connectivity index is 1.72. The van der Waals surface area contributed by atoms with Crippen molar-refractivity contribution in [1.29, 1.82) is 0 Å². The predicted octanol–water partition coefficient (Wildman–Crippen LogP) is 5.42. The third kappa shape index (κ3) is 4.82. The van der Waals surface area contributed by atoms with E-state index in [-0.39, 0.29) is 28.6 Å². The molecule has 0 bridgehead atoms. The Hall–Kier alpha value is -2.88. The van der Waals surface area contributed by atoms with E-state index in [1.165, 1.54) is 12.1 Å². The van der Waals surface area contributed by atoms with Crippen LogP contribution in [0.1, 0.15) is 22.3 Å². The maximum atomic E-state index is 13.5. The summed E-state index contributed by atoms with van der Waals surface area (Å²) in [6, 6.07) is 14.8. The van der Waals surface area contributed by atoms with E-state index in [4.69, 9.17) is 11.6 Å². The molecular weight excluding hydrogens is 489 g/mol. The maximum Gasteiger partial charge on any atom is 0.416 e. The van der Waals surface area contributed by atoms with E-state index < -0.39 is 33.7 Å². The van der Waals surface area contributed by atoms with Crippen molar-refractivity contribution >= 4 is 33.2 Å². The topological polar surface area (TPSA) is 66.5 Å². The van der Waals surface area contributed by atoms with Gasteiger partial charge in [-0.3, -0.25) is 4.79 Å². The second-order valence-electron chi connectivity index (χ2n) is 8.03. The summed E-state index contributed by atoms with van der Waals surface area (Å²) in [5.74, 6) is -0.772. The van der Waals surface area contributed by atoms with Gasteiger partial charge in [-0.2, -0.15) is 17.5 Å². The van der Waals surface area contributed by atoms with Gasteiger partial charge >= 0.3 is 6.18 Å². The zero-order valence-electron chi connectivity index (χ0n) is 17.9. The normalized spacial score (nSPS) is 16.7. The quantitative estimate of drug-likeness (QED) is 0.511. The molecule has 0 spiro atoms. The lowest BCUT2D eigenvalue weighted by molar-refractivity contribution is -0.137. The summed E-state index contributed by atoms with van der Waals surface area (Å²) in [4.78, 5) is 13.3. The third-order valence-electron chi connectivity index (χ3n) is 5.69. The minimum Gasteiger partial charge on any atom is -0.323 e. The number of carbonyl (C=O) groups is 1. The van der Waals surface area contributed by atoms with E-state index in [1.54, 1.807) is 36.4 Å². The molecule has 1 aliphatic heterocycles. The highest BCUT2D eigenvalue weighted by Gasteiger charge is 2.40. The Bertz CT molecular complexity index is 1340. The van der Waals surface area contributed by atoms with Gasteiger partial charge < -0.3 is 5.32 Å². The zero-order valence-corrected chi connectivity index (χ0v) is 19.5. The van der Waals surface area contributed by atoms with E-state index in [9.17, 15) is 26.4 Å². The molecule has 1 aliphatic rings. The van der Waals surface area contributed by atoms with Gasteiger partial charge in [0.15, 0.2) is 0 Å². The lowest BCUT2D eigenvalue weighted by Crippen LogP contribution is -2.50. The fourth-order valence-electron chi connectivity index (χ4n) is 3.83. The van der Waals surface area contributed by atoms with E-state index in [2.05, 4.69) is 5.32 Å². The van der Waals surface area contributed by atoms with Crippen molar-refractivity contribution < 1.29 is 26.4 Å². The summed E-state index contributed by atoms with van der Waals surface area (Å²) in [6.07, 6.45) is -4.57. The van der Waals surface area contributed by atoms with Crippen LogP contribution < -0.4 is 5.32 Å². The molecule has 0 aliphatic carbocycles. The molecule has 1 atom stereocenters. The number of rotatable bonds is 4. The van der Waals surface area contributed by atoms with Crippen molar-refractivity contribution in [2.75, 3.05) is 5.32 Å². The Labute approximate surface area is 200 Å². The van der Waals surface area contributed by atoms with E-state index in [0.717, 1.165) is 39.2 Å². The number of carbonyl (C=O) groups excluding carboxylic acids is 1. The Kier molecular flexibility index (Phi) is 6.46. The van der Waals surface area contributed by atoms with Crippen molar-refractivity contribution in [1.82, 2.24) is 4.31 Å². The first kappa shape index (κ1) is 24.3. The fourth-order valence-corrected chi connectivity index (χ4v) is 5.56. The number of hydrogen-bond acceptors (Lipinski definition) is 3. The Morgan fingerprint density at radius 1 is 1.03 bits per heavy atom. The van der Waals surface area contributed by atoms with Crippen LogP contribution >= 0.6 is 11.6 Å². The van der Waals surface area contributed by atoms with Gasteiger partial charge in [0.05, 0.1) is 21.2 Å². The number of hydrogen-bond donors (Lipinski definition) is 1. The molecular formula is C24H20ClF3N2O3S. The van der Waals surface area contributed by atoms with Gasteiger partial charge in [0.1, 0.15) is 6.04 Å². The first-order valence-electron chi connectivity index (χ1n) is 10.3. The van der Waals surface area contributed by atoms with Crippen molar-refractivity contribution in [2.45, 2.75) is 37.0 Å². The van der Waals surface area contributed by atoms with Crippen LogP contribution in [0.4, 0.5) is 18.9 Å². The summed E-state index contributed by atoms with van der Waals surface area (Å²) >= 11 is 6.03. The highest BCUT2D eigenvalue weighted by molar-refractivity contribution is 7.89. The van der Waals surface area contributed by atoms with Crippen molar-refractivity contribution in [3.8, 4) is 0 Å². The van der Waals surface area contributed by atoms with Crippen molar-refractivity contribution in [2.24, 2.45) is 0 Å². The molecule has 0 aromatic heterocycles. The monoisotopic (exact) mass is 508 g/mol. The number of nitrogens with one attached hydrogen (secondary N) is 1. The Morgan fingerprint density at radius 3 is 2.32 bits per heavy atom. The molecule has 1 heterocycles. The molecule has 3 aromatic rings. The number of halogens is 4. The Morgan fingerprint density at radius 2 is 1.68 bits per heavy atom. The predicted molar refractivity (Wildman–Crippen MR) is 123 cm³/mol. The third-order valence-corrected chi connectivity index (χ3v) is 7.89. The molecule has 0 unspecified atom stereocenters. The second-order valence-corrected chi connectivity index (χ2v) is 10.3. The average Bonchev–Trinajstić information content (AvgIpc) is 2.79. The number of benzene rings is 3. The van der Waals surface area contributed by atoms with Crippen LogP contribution in [0.2, 0.25) is 5.02 Å². The number of amides is 1. The van der Waals surface area contributed by atoms with Gasteiger partial charge in [0.25, 0.3) is 0 Å². The molecule has 1 amide bonds. The minimum absolute atomic E-state index is 0.0207. The average molecular weight is 509 g/mol. The van der Waals surface area contributed by atoms with Gasteiger partial charge in [0.2, 0.25) is 15.9 Å². The molecule has 0 saturated carbocycles. The molecule has 178 valence electrons. The lowest BCUT2D eigenvalue weighted by atomic mass is 9.95. The molecule has 5 nitrogen and oxygen atoms in total. The fraction of sp³-hybridized carbons (Fsp3) is 0.208. The van der Waals surface area contributed by atoms with Crippen LogP contribution in [0.3, 0.4) is 0 Å². The van der Waals surface area contributed by atoms with Crippen LogP contribution in [0, 0.1) is 6.92 Å². The maximum absolute atomic E-state index is 13.5. The van der Waals surface area contributed by atoms with Crippen LogP contribution in [0.25, 0.3) is 0 Å². The van der Waals surface area contributed by atoms with Gasteiger partial charge in [-0.15, -0.1) is 0 Å². The molecule has 10 heteroatoms. The molecule has 34 heavy (non-hydrogen) atoms. The summed E-state index contributed by atoms with van der Waals surface area (Å²) in [5.41, 5.74) is 1.18. The number of sulfonamides is 1. The van der Waals surface area contributed by atoms with Crippen molar-refractivity contribution in [3.63, 3.8) is 0 Å². The van der Waals surface area contributed by atoms with Crippen LogP contribution in [0.5, 0.6) is 0 Å². The molecule has 4 rings (SSSR count). The minimum atomic E-state index is -4.63. The largest absolute Gasteiger partial charge is 0.416 e. The van der Waals surface area contributed by atoms with Gasteiger partial charge in [-0.1, -0.05) is 53.6 Å². The highest BCUT2D eigenvalue weighted by Crippen LogP contribution is 2.35. The van der Waals surface area contributed by atoms with Crippen molar-refractivity contribution in [3.05, 3.63) is 94.0 Å². The van der Waals surface area contributed by atoms with Gasteiger partial charge in [-0.05, 0) is 54.8 Å². The van der Waals surface area contributed by atoms with Crippen LogP contribution in [-0.4, -0.2) is 24.7 Å². The second kappa shape index (κ2) is 9.05. The summed E-state index contributed by atoms with van der Waals surface area (Å²) in [6.45, 7) is 1.77. The zero-order chi connectivity index (χ0) is 24.7. The van der Waals surface area contributed by atoms with Gasteiger partial charge in [-0.25, -0.2) is 8.42 Å². The van der Waals surface area contributed by atoms with E-state index in [1.807, 2.05) is 6.92 Å². The summed E-state index contributed by atoms with van der Waals surface area (Å²) in [7, 11) is -4.09. The number of aryl methyl sites for hydroxylation is 1. The standard InChI is InChI=1S/C24H20ClF3N2O3S/c1-15-6-9-19(10-7-15)34(32,33)30-14-17-5-3-2-4-16(17)12-22(30)23(31)29-21-13-18(24(26,27)28)8-11-20(21)25/h2-11,13,22H,12,14H2,1H3,(H,29,31)/t22-/m0/s1. The molecule has 3 aromatic carbocycles. The van der Waals surface area contributed by atoms with E-state index >= 15 is 0 Å². The summed E-state index contributed by atoms with van der Waals surface area (Å²) < 4.78 is 67.5. The first-order valence-corrected chi connectivity index (χ1v) is 12.1. The molecule has 0 fully saturated rings. The van der Waals surface area contributed by atoms with Gasteiger partial charge in [0, 0.05) is 6.54 Å². The van der Waals surface area contributed by atoms with E-state index in [0.29, 0.717) is 0 Å². The number of anilines is 1. The molecule has 0 radical (unpaired) electrons. The molecule has 0 saturated heterocycles.